The van der Waals surface area contributed by atoms with Gasteiger partial charge in [0.15, 0.2) is 14.9 Å². The molecule has 0 aliphatic heterocycles. The van der Waals surface area contributed by atoms with Gasteiger partial charge in [0.05, 0.1) is 5.75 Å². The average molecular weight is 256 g/mol. The third-order valence-corrected chi connectivity index (χ3v) is 4.00. The van der Waals surface area contributed by atoms with Gasteiger partial charge in [0.2, 0.25) is 5.91 Å². The van der Waals surface area contributed by atoms with Gasteiger partial charge in [-0.2, -0.15) is 0 Å². The number of hydrogen-bond donors (Lipinski definition) is 1. The Labute approximate surface area is 101 Å². The van der Waals surface area contributed by atoms with Crippen LogP contribution < -0.4 is 5.73 Å². The fourth-order valence-corrected chi connectivity index (χ4v) is 2.70. The molecule has 0 saturated carbocycles. The van der Waals surface area contributed by atoms with Crippen molar-refractivity contribution in [3.63, 3.8) is 0 Å². The molecule has 0 saturated heterocycles. The Kier molecular flexibility index (Phi) is 5.09. The van der Waals surface area contributed by atoms with Crippen molar-refractivity contribution in [1.82, 2.24) is 4.98 Å². The van der Waals surface area contributed by atoms with Gasteiger partial charge in [0, 0.05) is 12.6 Å². The minimum atomic E-state index is -3.29. The highest BCUT2D eigenvalue weighted by atomic mass is 32.2. The maximum Gasteiger partial charge on any atom is 0.217 e. The molecule has 0 aliphatic carbocycles. The minimum absolute atomic E-state index is 0.0583. The summed E-state index contributed by atoms with van der Waals surface area (Å²) in [7, 11) is -3.29. The molecule has 0 radical (unpaired) electrons. The molecule has 0 atom stereocenters. The Morgan fingerprint density at radius 3 is 2.59 bits per heavy atom. The van der Waals surface area contributed by atoms with E-state index >= 15 is 0 Å². The molecule has 2 N–H and O–H groups in total. The molecular formula is C11H16N2O3S. The number of amides is 1. The summed E-state index contributed by atoms with van der Waals surface area (Å²) in [6, 6.07) is 4.80. The largest absolute Gasteiger partial charge is 0.370 e. The summed E-state index contributed by atoms with van der Waals surface area (Å²) in [5.41, 5.74) is 4.98. The maximum atomic E-state index is 11.8. The maximum absolute atomic E-state index is 11.8. The van der Waals surface area contributed by atoms with Crippen molar-refractivity contribution in [2.75, 3.05) is 5.75 Å². The highest BCUT2D eigenvalue weighted by molar-refractivity contribution is 7.91. The lowest BCUT2D eigenvalue weighted by Crippen LogP contribution is -2.11. The molecule has 5 nitrogen and oxygen atoms in total. The van der Waals surface area contributed by atoms with Crippen molar-refractivity contribution in [3.05, 3.63) is 24.4 Å². The van der Waals surface area contributed by atoms with Crippen molar-refractivity contribution >= 4 is 15.7 Å². The summed E-state index contributed by atoms with van der Waals surface area (Å²) in [5.74, 6) is -0.291. The molecule has 1 heterocycles. The number of sulfone groups is 1. The molecule has 0 spiro atoms. The average Bonchev–Trinajstić information content (AvgIpc) is 2.29. The molecule has 6 heteroatoms. The molecule has 0 aromatic carbocycles. The topological polar surface area (TPSA) is 90.1 Å². The second-order valence-corrected chi connectivity index (χ2v) is 5.82. The summed E-state index contributed by atoms with van der Waals surface area (Å²) in [4.78, 5) is 14.3. The molecular weight excluding hydrogens is 240 g/mol. The minimum Gasteiger partial charge on any atom is -0.370 e. The van der Waals surface area contributed by atoms with Gasteiger partial charge in [-0.05, 0) is 25.0 Å². The monoisotopic (exact) mass is 256 g/mol. The molecule has 94 valence electrons. The molecule has 0 bridgehead atoms. The fraction of sp³-hybridized carbons (Fsp3) is 0.455. The van der Waals surface area contributed by atoms with Crippen LogP contribution in [-0.2, 0) is 14.6 Å². The van der Waals surface area contributed by atoms with Gasteiger partial charge in [-0.1, -0.05) is 12.5 Å². The highest BCUT2D eigenvalue weighted by Gasteiger charge is 2.14. The summed E-state index contributed by atoms with van der Waals surface area (Å²) < 4.78 is 23.6. The van der Waals surface area contributed by atoms with Crippen LogP contribution in [-0.4, -0.2) is 25.1 Å². The Bertz CT molecular complexity index is 457. The first kappa shape index (κ1) is 13.6. The van der Waals surface area contributed by atoms with Crippen molar-refractivity contribution < 1.29 is 13.2 Å². The van der Waals surface area contributed by atoms with E-state index in [0.717, 1.165) is 0 Å². The number of unbranched alkanes of at least 4 members (excludes halogenated alkanes) is 2. The van der Waals surface area contributed by atoms with Crippen LogP contribution in [0.1, 0.15) is 25.7 Å². The molecule has 0 fully saturated rings. The summed E-state index contributed by atoms with van der Waals surface area (Å²) in [6.45, 7) is 0. The van der Waals surface area contributed by atoms with Gasteiger partial charge < -0.3 is 5.73 Å². The van der Waals surface area contributed by atoms with Crippen LogP contribution in [0.25, 0.3) is 0 Å². The third kappa shape index (κ3) is 4.95. The first-order valence-electron chi connectivity index (χ1n) is 5.44. The molecule has 1 rings (SSSR count). The van der Waals surface area contributed by atoms with Crippen LogP contribution in [0, 0.1) is 0 Å². The van der Waals surface area contributed by atoms with Gasteiger partial charge in [0.25, 0.3) is 0 Å². The van der Waals surface area contributed by atoms with Gasteiger partial charge in [-0.25, -0.2) is 13.4 Å². The molecule has 1 aromatic rings. The highest BCUT2D eigenvalue weighted by Crippen LogP contribution is 2.10. The summed E-state index contributed by atoms with van der Waals surface area (Å²) >= 11 is 0. The van der Waals surface area contributed by atoms with E-state index in [9.17, 15) is 13.2 Å². The first-order chi connectivity index (χ1) is 8.02. The number of carbonyl (C=O) groups is 1. The zero-order valence-corrected chi connectivity index (χ0v) is 10.3. The van der Waals surface area contributed by atoms with Crippen molar-refractivity contribution in [1.29, 1.82) is 0 Å². The number of primary amides is 1. The second kappa shape index (κ2) is 6.34. The molecule has 1 amide bonds. The number of nitrogens with zero attached hydrogens (tertiary/aromatic N) is 1. The Morgan fingerprint density at radius 1 is 1.24 bits per heavy atom. The number of aromatic nitrogens is 1. The van der Waals surface area contributed by atoms with E-state index in [1.165, 1.54) is 12.3 Å². The predicted molar refractivity (Wildman–Crippen MR) is 64.0 cm³/mol. The number of rotatable bonds is 7. The van der Waals surface area contributed by atoms with Crippen molar-refractivity contribution in [2.45, 2.75) is 30.7 Å². The van der Waals surface area contributed by atoms with Crippen LogP contribution in [0.4, 0.5) is 0 Å². The standard InChI is InChI=1S/C11H16N2O3S/c12-10(14)6-2-1-5-9-17(15,16)11-7-3-4-8-13-11/h3-4,7-8H,1-2,5-6,9H2,(H2,12,14). The van der Waals surface area contributed by atoms with Gasteiger partial charge >= 0.3 is 0 Å². The predicted octanol–water partition coefficient (Wildman–Crippen LogP) is 0.901. The number of hydrogen-bond acceptors (Lipinski definition) is 4. The van der Waals surface area contributed by atoms with Crippen LogP contribution >= 0.6 is 0 Å². The lowest BCUT2D eigenvalue weighted by Gasteiger charge is -2.02. The Morgan fingerprint density at radius 2 is 2.00 bits per heavy atom. The second-order valence-electron chi connectivity index (χ2n) is 3.76. The molecule has 1 aromatic heterocycles. The van der Waals surface area contributed by atoms with E-state index in [-0.39, 0.29) is 16.7 Å². The SMILES string of the molecule is NC(=O)CCCCCS(=O)(=O)c1ccccn1. The molecule has 0 aliphatic rings. The smallest absolute Gasteiger partial charge is 0.217 e. The lowest BCUT2D eigenvalue weighted by molar-refractivity contribution is -0.118. The fourth-order valence-electron chi connectivity index (χ4n) is 1.40. The summed E-state index contributed by atoms with van der Waals surface area (Å²) in [5, 5.41) is 0.106. The Balaban J connectivity index is 2.39. The van der Waals surface area contributed by atoms with Gasteiger partial charge in [-0.3, -0.25) is 4.79 Å². The van der Waals surface area contributed by atoms with Crippen molar-refractivity contribution in [2.24, 2.45) is 5.73 Å². The van der Waals surface area contributed by atoms with Crippen LogP contribution in [0.15, 0.2) is 29.4 Å². The third-order valence-electron chi connectivity index (χ3n) is 2.29. The zero-order chi connectivity index (χ0) is 12.7. The van der Waals surface area contributed by atoms with Gasteiger partial charge in [-0.15, -0.1) is 0 Å². The Hall–Kier alpha value is -1.43. The van der Waals surface area contributed by atoms with Crippen LogP contribution in [0.5, 0.6) is 0 Å². The summed E-state index contributed by atoms with van der Waals surface area (Å²) in [6.07, 6.45) is 3.60. The van der Waals surface area contributed by atoms with E-state index in [4.69, 9.17) is 5.73 Å². The van der Waals surface area contributed by atoms with E-state index in [1.807, 2.05) is 0 Å². The van der Waals surface area contributed by atoms with Crippen LogP contribution in [0.3, 0.4) is 0 Å². The molecule has 17 heavy (non-hydrogen) atoms. The normalized spacial score (nSPS) is 11.3. The van der Waals surface area contributed by atoms with Crippen LogP contribution in [0.2, 0.25) is 0 Å². The first-order valence-corrected chi connectivity index (χ1v) is 7.10. The van der Waals surface area contributed by atoms with E-state index in [1.54, 1.807) is 12.1 Å². The number of carbonyl (C=O) groups excluding carboxylic acids is 1. The van der Waals surface area contributed by atoms with Gasteiger partial charge in [0.1, 0.15) is 0 Å². The number of pyridine rings is 1. The number of nitrogens with two attached hydrogens (primary N) is 1. The molecule has 0 unspecified atom stereocenters. The van der Waals surface area contributed by atoms with E-state index in [2.05, 4.69) is 4.98 Å². The van der Waals surface area contributed by atoms with E-state index < -0.39 is 9.84 Å². The van der Waals surface area contributed by atoms with E-state index in [0.29, 0.717) is 25.7 Å². The van der Waals surface area contributed by atoms with Crippen molar-refractivity contribution in [3.8, 4) is 0 Å². The zero-order valence-electron chi connectivity index (χ0n) is 9.50. The lowest BCUT2D eigenvalue weighted by atomic mass is 10.2. The quantitative estimate of drug-likeness (QED) is 0.734.